The molecular weight excluding hydrogens is 374 g/mol. The van der Waals surface area contributed by atoms with Crippen molar-refractivity contribution in [1.29, 1.82) is 0 Å². The molecule has 0 saturated heterocycles. The first-order chi connectivity index (χ1) is 13.8. The monoisotopic (exact) mass is 401 g/mol. The van der Waals surface area contributed by atoms with Crippen molar-refractivity contribution in [2.75, 3.05) is 19.5 Å². The van der Waals surface area contributed by atoms with E-state index in [1.54, 1.807) is 25.1 Å². The highest BCUT2D eigenvalue weighted by Gasteiger charge is 2.16. The van der Waals surface area contributed by atoms with Crippen LogP contribution in [0.25, 0.3) is 0 Å². The highest BCUT2D eigenvalue weighted by molar-refractivity contribution is 5.93. The maximum absolute atomic E-state index is 12.2. The van der Waals surface area contributed by atoms with E-state index in [2.05, 4.69) is 30.0 Å². The Bertz CT molecular complexity index is 837. The number of rotatable bonds is 7. The van der Waals surface area contributed by atoms with Gasteiger partial charge in [0.2, 0.25) is 0 Å². The quantitative estimate of drug-likeness (QED) is 0.618. The molecule has 3 N–H and O–H groups in total. The molecule has 0 bridgehead atoms. The molecule has 0 unspecified atom stereocenters. The summed E-state index contributed by atoms with van der Waals surface area (Å²) in [4.78, 5) is 24.2. The Labute approximate surface area is 170 Å². The first-order valence-corrected chi connectivity index (χ1v) is 9.19. The number of benzene rings is 2. The van der Waals surface area contributed by atoms with E-state index in [0.29, 0.717) is 28.9 Å². The number of urea groups is 1. The van der Waals surface area contributed by atoms with E-state index in [1.165, 1.54) is 19.8 Å². The van der Waals surface area contributed by atoms with Crippen LogP contribution in [0.3, 0.4) is 0 Å². The van der Waals surface area contributed by atoms with Crippen LogP contribution >= 0.6 is 0 Å². The zero-order valence-electron chi connectivity index (χ0n) is 17.2. The Morgan fingerprint density at radius 2 is 1.52 bits per heavy atom. The normalized spacial score (nSPS) is 11.4. The molecule has 3 amide bonds. The Morgan fingerprint density at radius 1 is 0.862 bits per heavy atom. The van der Waals surface area contributed by atoms with Gasteiger partial charge in [-0.1, -0.05) is 26.0 Å². The molecule has 0 heterocycles. The fourth-order valence-corrected chi connectivity index (χ4v) is 2.46. The molecule has 0 aliphatic rings. The third kappa shape index (κ3) is 6.31. The number of hydrogen-bond donors (Lipinski definition) is 3. The first-order valence-electron chi connectivity index (χ1n) is 9.19. The number of amides is 3. The Hall–Kier alpha value is -3.42. The van der Waals surface area contributed by atoms with Gasteiger partial charge in [-0.05, 0) is 42.7 Å². The van der Waals surface area contributed by atoms with Crippen LogP contribution in [0.1, 0.15) is 32.3 Å². The number of methoxy groups -OCH3 is 2. The summed E-state index contributed by atoms with van der Waals surface area (Å²) in [5, 5.41) is 2.59. The second kappa shape index (κ2) is 10.2. The van der Waals surface area contributed by atoms with Gasteiger partial charge in [0.1, 0.15) is 17.2 Å². The minimum absolute atomic E-state index is 0.414. The zero-order valence-corrected chi connectivity index (χ0v) is 17.2. The highest BCUT2D eigenvalue weighted by atomic mass is 16.5. The number of nitrogens with one attached hydrogen (secondary N) is 3. The molecule has 156 valence electrons. The molecule has 0 aromatic heterocycles. The standard InChI is InChI=1S/C21H27N3O5/c1-13(2)15-6-8-16(9-7-15)29-14(3)20(25)23-24-21(26)22-18-11-10-17(27-4)12-19(18)28-5/h6-14H,1-5H3,(H,23,25)(H2,22,24,26)/t14-/m0/s1. The van der Waals surface area contributed by atoms with Crippen LogP contribution in [-0.4, -0.2) is 32.3 Å². The van der Waals surface area contributed by atoms with Gasteiger partial charge in [0.05, 0.1) is 19.9 Å². The summed E-state index contributed by atoms with van der Waals surface area (Å²) in [6, 6.07) is 11.9. The number of carbonyl (C=O) groups is 2. The molecule has 1 atom stereocenters. The van der Waals surface area contributed by atoms with Crippen LogP contribution in [0.15, 0.2) is 42.5 Å². The molecule has 0 spiro atoms. The molecule has 29 heavy (non-hydrogen) atoms. The third-order valence-electron chi connectivity index (χ3n) is 4.18. The molecule has 2 aromatic rings. The Balaban J connectivity index is 1.85. The van der Waals surface area contributed by atoms with Gasteiger partial charge >= 0.3 is 6.03 Å². The first kappa shape index (κ1) is 21.9. The largest absolute Gasteiger partial charge is 0.497 e. The summed E-state index contributed by atoms with van der Waals surface area (Å²) >= 11 is 0. The summed E-state index contributed by atoms with van der Waals surface area (Å²) in [6.07, 6.45) is -0.796. The van der Waals surface area contributed by atoms with E-state index in [4.69, 9.17) is 14.2 Å². The van der Waals surface area contributed by atoms with Crippen LogP contribution in [0.5, 0.6) is 17.2 Å². The lowest BCUT2D eigenvalue weighted by molar-refractivity contribution is -0.127. The predicted molar refractivity (Wildman–Crippen MR) is 110 cm³/mol. The molecule has 0 fully saturated rings. The fraction of sp³-hybridized carbons (Fsp3) is 0.333. The minimum Gasteiger partial charge on any atom is -0.497 e. The minimum atomic E-state index is -0.796. The molecule has 0 aliphatic heterocycles. The smallest absolute Gasteiger partial charge is 0.338 e. The van der Waals surface area contributed by atoms with Gasteiger partial charge in [0, 0.05) is 6.07 Å². The summed E-state index contributed by atoms with van der Waals surface area (Å²) < 4.78 is 15.9. The van der Waals surface area contributed by atoms with E-state index in [9.17, 15) is 9.59 Å². The summed E-state index contributed by atoms with van der Waals surface area (Å²) in [6.45, 7) is 5.80. The van der Waals surface area contributed by atoms with Crippen molar-refractivity contribution in [3.05, 3.63) is 48.0 Å². The maximum atomic E-state index is 12.2. The van der Waals surface area contributed by atoms with Crippen molar-refractivity contribution >= 4 is 17.6 Å². The lowest BCUT2D eigenvalue weighted by atomic mass is 10.0. The molecule has 2 aromatic carbocycles. The molecule has 0 aliphatic carbocycles. The van der Waals surface area contributed by atoms with Crippen molar-refractivity contribution in [2.45, 2.75) is 32.8 Å². The summed E-state index contributed by atoms with van der Waals surface area (Å²) in [7, 11) is 3.01. The number of anilines is 1. The van der Waals surface area contributed by atoms with E-state index in [1.807, 2.05) is 24.3 Å². The van der Waals surface area contributed by atoms with Crippen LogP contribution in [0.4, 0.5) is 10.5 Å². The van der Waals surface area contributed by atoms with Gasteiger partial charge in [-0.2, -0.15) is 0 Å². The van der Waals surface area contributed by atoms with E-state index >= 15 is 0 Å². The second-order valence-electron chi connectivity index (χ2n) is 6.62. The van der Waals surface area contributed by atoms with Gasteiger partial charge in [0.25, 0.3) is 5.91 Å². The van der Waals surface area contributed by atoms with E-state index in [-0.39, 0.29) is 0 Å². The van der Waals surface area contributed by atoms with Crippen molar-refractivity contribution in [3.63, 3.8) is 0 Å². The third-order valence-corrected chi connectivity index (χ3v) is 4.18. The topological polar surface area (TPSA) is 97.9 Å². The maximum Gasteiger partial charge on any atom is 0.338 e. The molecular formula is C21H27N3O5. The van der Waals surface area contributed by atoms with Gasteiger partial charge in [0.15, 0.2) is 6.10 Å². The van der Waals surface area contributed by atoms with Crippen molar-refractivity contribution in [3.8, 4) is 17.2 Å². The summed E-state index contributed by atoms with van der Waals surface area (Å²) in [5.74, 6) is 1.51. The highest BCUT2D eigenvalue weighted by Crippen LogP contribution is 2.28. The SMILES string of the molecule is COc1ccc(NC(=O)NNC(=O)[C@H](C)Oc2ccc(C(C)C)cc2)c(OC)c1. The number of hydrogen-bond acceptors (Lipinski definition) is 5. The van der Waals surface area contributed by atoms with Crippen molar-refractivity contribution < 1.29 is 23.8 Å². The zero-order chi connectivity index (χ0) is 21.4. The molecule has 0 radical (unpaired) electrons. The number of hydrazine groups is 1. The van der Waals surface area contributed by atoms with Gasteiger partial charge in [-0.3, -0.25) is 10.2 Å². The van der Waals surface area contributed by atoms with Crippen molar-refractivity contribution in [2.24, 2.45) is 0 Å². The van der Waals surface area contributed by atoms with Crippen LogP contribution in [0.2, 0.25) is 0 Å². The molecule has 0 saturated carbocycles. The van der Waals surface area contributed by atoms with Gasteiger partial charge < -0.3 is 19.5 Å². The number of ether oxygens (including phenoxy) is 3. The predicted octanol–water partition coefficient (Wildman–Crippen LogP) is 3.45. The van der Waals surface area contributed by atoms with Crippen LogP contribution in [0, 0.1) is 0 Å². The second-order valence-corrected chi connectivity index (χ2v) is 6.62. The molecule has 8 nitrogen and oxygen atoms in total. The Kier molecular flexibility index (Phi) is 7.70. The average Bonchev–Trinajstić information content (AvgIpc) is 2.72. The van der Waals surface area contributed by atoms with Crippen LogP contribution < -0.4 is 30.4 Å². The lowest BCUT2D eigenvalue weighted by Gasteiger charge is -2.16. The van der Waals surface area contributed by atoms with Crippen molar-refractivity contribution in [1.82, 2.24) is 10.9 Å². The number of carbonyl (C=O) groups excluding carboxylic acids is 2. The van der Waals surface area contributed by atoms with Gasteiger partial charge in [-0.25, -0.2) is 10.2 Å². The average molecular weight is 401 g/mol. The molecule has 8 heteroatoms. The van der Waals surface area contributed by atoms with Crippen LogP contribution in [-0.2, 0) is 4.79 Å². The fourth-order valence-electron chi connectivity index (χ4n) is 2.46. The molecule has 2 rings (SSSR count). The van der Waals surface area contributed by atoms with Gasteiger partial charge in [-0.15, -0.1) is 0 Å². The Morgan fingerprint density at radius 3 is 2.10 bits per heavy atom. The summed E-state index contributed by atoms with van der Waals surface area (Å²) in [5.41, 5.74) is 6.21. The van der Waals surface area contributed by atoms with E-state index in [0.717, 1.165) is 0 Å². The lowest BCUT2D eigenvalue weighted by Crippen LogP contribution is -2.48. The van der Waals surface area contributed by atoms with E-state index < -0.39 is 18.0 Å².